The van der Waals surface area contributed by atoms with Gasteiger partial charge in [-0.2, -0.15) is 5.10 Å². The van der Waals surface area contributed by atoms with Gasteiger partial charge in [0, 0.05) is 37.5 Å². The summed E-state index contributed by atoms with van der Waals surface area (Å²) in [6.45, 7) is 1.30. The minimum Gasteiger partial charge on any atom is -0.505 e. The van der Waals surface area contributed by atoms with Gasteiger partial charge < -0.3 is 10.2 Å². The third-order valence-corrected chi connectivity index (χ3v) is 3.43. The van der Waals surface area contributed by atoms with E-state index in [-0.39, 0.29) is 18.2 Å². The maximum absolute atomic E-state index is 11.8. The number of aromatic hydroxyl groups is 1. The van der Waals surface area contributed by atoms with Crippen molar-refractivity contribution in [3.8, 4) is 5.75 Å². The highest BCUT2D eigenvalue weighted by atomic mass is 16.3. The second-order valence-corrected chi connectivity index (χ2v) is 4.93. The Hall–Kier alpha value is -2.94. The number of anilines is 1. The molecule has 2 aromatic rings. The number of aliphatic hydroxyl groups excluding tert-OH is 1. The van der Waals surface area contributed by atoms with Gasteiger partial charge in [0.1, 0.15) is 11.6 Å². The summed E-state index contributed by atoms with van der Waals surface area (Å²) in [6.07, 6.45) is 2.72. The Labute approximate surface area is 131 Å². The van der Waals surface area contributed by atoms with Crippen molar-refractivity contribution in [1.82, 2.24) is 14.1 Å². The van der Waals surface area contributed by atoms with Crippen molar-refractivity contribution < 1.29 is 10.2 Å². The van der Waals surface area contributed by atoms with E-state index in [2.05, 4.69) is 15.5 Å². The SMILES string of the molecule is Cc1ncc(CO)c(/C=N\Nc2cc(=O)n(C)c(=O)n2C)c1O. The zero-order chi connectivity index (χ0) is 17.1. The molecule has 0 aliphatic heterocycles. The molecular formula is C14H17N5O4. The van der Waals surface area contributed by atoms with Crippen LogP contribution in [-0.2, 0) is 20.7 Å². The normalized spacial score (nSPS) is 11.1. The highest BCUT2D eigenvalue weighted by molar-refractivity contribution is 5.86. The minimum atomic E-state index is -0.492. The van der Waals surface area contributed by atoms with E-state index < -0.39 is 11.2 Å². The van der Waals surface area contributed by atoms with Crippen molar-refractivity contribution in [2.24, 2.45) is 19.2 Å². The predicted molar refractivity (Wildman–Crippen MR) is 84.7 cm³/mol. The fraction of sp³-hybridized carbons (Fsp3) is 0.286. The summed E-state index contributed by atoms with van der Waals surface area (Å²) in [5.41, 5.74) is 2.71. The number of nitrogens with zero attached hydrogens (tertiary/aromatic N) is 4. The van der Waals surface area contributed by atoms with Crippen LogP contribution < -0.4 is 16.7 Å². The number of aromatic nitrogens is 3. The van der Waals surface area contributed by atoms with Gasteiger partial charge in [-0.3, -0.25) is 24.3 Å². The van der Waals surface area contributed by atoms with E-state index in [1.54, 1.807) is 6.92 Å². The average molecular weight is 319 g/mol. The lowest BCUT2D eigenvalue weighted by atomic mass is 10.1. The van der Waals surface area contributed by atoms with E-state index in [1.807, 2.05) is 0 Å². The van der Waals surface area contributed by atoms with Crippen LogP contribution in [0.5, 0.6) is 5.75 Å². The number of aliphatic hydroxyl groups is 1. The van der Waals surface area contributed by atoms with Gasteiger partial charge in [-0.1, -0.05) is 0 Å². The quantitative estimate of drug-likeness (QED) is 0.512. The molecule has 0 aliphatic rings. The maximum Gasteiger partial charge on any atom is 0.332 e. The Bertz CT molecular complexity index is 882. The molecule has 0 fully saturated rings. The molecule has 9 nitrogen and oxygen atoms in total. The molecule has 0 atom stereocenters. The lowest BCUT2D eigenvalue weighted by Crippen LogP contribution is -2.37. The summed E-state index contributed by atoms with van der Waals surface area (Å²) >= 11 is 0. The second kappa shape index (κ2) is 6.44. The number of hydrogen-bond acceptors (Lipinski definition) is 7. The molecule has 0 aromatic carbocycles. The van der Waals surface area contributed by atoms with Crippen molar-refractivity contribution in [2.75, 3.05) is 5.43 Å². The van der Waals surface area contributed by atoms with E-state index in [1.165, 1.54) is 37.1 Å². The minimum absolute atomic E-state index is 0.0973. The Morgan fingerprint density at radius 2 is 2.04 bits per heavy atom. The Morgan fingerprint density at radius 1 is 1.35 bits per heavy atom. The van der Waals surface area contributed by atoms with Gasteiger partial charge in [0.15, 0.2) is 0 Å². The van der Waals surface area contributed by atoms with Crippen LogP contribution >= 0.6 is 0 Å². The standard InChI is InChI=1S/C14H17N5O4/c1-8-13(22)10(9(7-20)5-15-8)6-16-17-11-4-12(21)19(3)14(23)18(11)2/h4-6,17,20,22H,7H2,1-3H3/b16-6-. The Balaban J connectivity index is 2.36. The number of aryl methyl sites for hydroxylation is 1. The van der Waals surface area contributed by atoms with Gasteiger partial charge in [-0.05, 0) is 6.92 Å². The number of hydrogen-bond donors (Lipinski definition) is 3. The van der Waals surface area contributed by atoms with Crippen LogP contribution in [0.4, 0.5) is 5.82 Å². The third-order valence-electron chi connectivity index (χ3n) is 3.43. The fourth-order valence-corrected chi connectivity index (χ4v) is 1.93. The van der Waals surface area contributed by atoms with E-state index in [0.717, 1.165) is 4.57 Å². The van der Waals surface area contributed by atoms with Crippen molar-refractivity contribution in [3.63, 3.8) is 0 Å². The highest BCUT2D eigenvalue weighted by Crippen LogP contribution is 2.21. The summed E-state index contributed by atoms with van der Waals surface area (Å²) in [5.74, 6) is 0.102. The van der Waals surface area contributed by atoms with Gasteiger partial charge in [0.25, 0.3) is 5.56 Å². The molecule has 0 spiro atoms. The molecule has 0 saturated carbocycles. The van der Waals surface area contributed by atoms with Crippen molar-refractivity contribution in [1.29, 1.82) is 0 Å². The molecule has 3 N–H and O–H groups in total. The molecular weight excluding hydrogens is 302 g/mol. The van der Waals surface area contributed by atoms with Gasteiger partial charge in [0.05, 0.1) is 18.5 Å². The first-order chi connectivity index (χ1) is 10.9. The van der Waals surface area contributed by atoms with Crippen LogP contribution in [0.3, 0.4) is 0 Å². The number of pyridine rings is 1. The van der Waals surface area contributed by atoms with Crippen LogP contribution in [-0.4, -0.2) is 30.5 Å². The van der Waals surface area contributed by atoms with Crippen LogP contribution in [0.1, 0.15) is 16.8 Å². The first kappa shape index (κ1) is 16.4. The molecule has 0 unspecified atom stereocenters. The molecule has 0 amide bonds. The lowest BCUT2D eigenvalue weighted by Gasteiger charge is -2.09. The third kappa shape index (κ3) is 3.14. The van der Waals surface area contributed by atoms with Crippen LogP contribution in [0.15, 0.2) is 27.0 Å². The molecule has 2 rings (SSSR count). The number of hydrazone groups is 1. The monoisotopic (exact) mass is 319 g/mol. The molecule has 0 saturated heterocycles. The molecule has 0 bridgehead atoms. The first-order valence-electron chi connectivity index (χ1n) is 6.71. The molecule has 9 heteroatoms. The summed E-state index contributed by atoms with van der Waals surface area (Å²) < 4.78 is 2.19. The van der Waals surface area contributed by atoms with Crippen LogP contribution in [0.25, 0.3) is 0 Å². The summed E-state index contributed by atoms with van der Waals surface area (Å²) in [7, 11) is 2.87. The van der Waals surface area contributed by atoms with Crippen molar-refractivity contribution in [2.45, 2.75) is 13.5 Å². The van der Waals surface area contributed by atoms with Gasteiger partial charge in [-0.25, -0.2) is 4.79 Å². The molecule has 23 heavy (non-hydrogen) atoms. The van der Waals surface area contributed by atoms with Gasteiger partial charge in [0.2, 0.25) is 0 Å². The van der Waals surface area contributed by atoms with Crippen molar-refractivity contribution in [3.05, 3.63) is 49.9 Å². The molecule has 2 aromatic heterocycles. The topological polar surface area (TPSA) is 122 Å². The fourth-order valence-electron chi connectivity index (χ4n) is 1.93. The maximum atomic E-state index is 11.8. The number of rotatable bonds is 4. The largest absolute Gasteiger partial charge is 0.505 e. The van der Waals surface area contributed by atoms with E-state index >= 15 is 0 Å². The zero-order valence-electron chi connectivity index (χ0n) is 12.9. The molecule has 122 valence electrons. The van der Waals surface area contributed by atoms with Gasteiger partial charge >= 0.3 is 5.69 Å². The van der Waals surface area contributed by atoms with Crippen LogP contribution in [0.2, 0.25) is 0 Å². The Kier molecular flexibility index (Phi) is 4.60. The van der Waals surface area contributed by atoms with E-state index in [0.29, 0.717) is 16.8 Å². The average Bonchev–Trinajstić information content (AvgIpc) is 2.54. The smallest absolute Gasteiger partial charge is 0.332 e. The highest BCUT2D eigenvalue weighted by Gasteiger charge is 2.09. The second-order valence-electron chi connectivity index (χ2n) is 4.93. The first-order valence-corrected chi connectivity index (χ1v) is 6.71. The van der Waals surface area contributed by atoms with Gasteiger partial charge in [-0.15, -0.1) is 0 Å². The van der Waals surface area contributed by atoms with E-state index in [4.69, 9.17) is 0 Å². The lowest BCUT2D eigenvalue weighted by molar-refractivity contribution is 0.280. The van der Waals surface area contributed by atoms with Crippen LogP contribution in [0, 0.1) is 6.92 Å². The summed E-state index contributed by atoms with van der Waals surface area (Å²) in [6, 6.07) is 1.23. The molecule has 0 aliphatic carbocycles. The molecule has 0 radical (unpaired) electrons. The van der Waals surface area contributed by atoms with Crippen molar-refractivity contribution >= 4 is 12.0 Å². The summed E-state index contributed by atoms with van der Waals surface area (Å²) in [5, 5.41) is 23.2. The Morgan fingerprint density at radius 3 is 2.70 bits per heavy atom. The number of nitrogens with one attached hydrogen (secondary N) is 1. The summed E-state index contributed by atoms with van der Waals surface area (Å²) in [4.78, 5) is 27.4. The zero-order valence-corrected chi connectivity index (χ0v) is 12.9. The molecule has 2 heterocycles. The van der Waals surface area contributed by atoms with E-state index in [9.17, 15) is 19.8 Å². The predicted octanol–water partition coefficient (Wildman–Crippen LogP) is -0.569.